The summed E-state index contributed by atoms with van der Waals surface area (Å²) in [6.45, 7) is 0.130. The van der Waals surface area contributed by atoms with Gasteiger partial charge in [0, 0.05) is 6.42 Å². The van der Waals surface area contributed by atoms with Crippen LogP contribution in [0.5, 0.6) is 0 Å². The van der Waals surface area contributed by atoms with Gasteiger partial charge >= 0.3 is 0 Å². The third-order valence-corrected chi connectivity index (χ3v) is 2.46. The molecule has 0 aliphatic carbocycles. The van der Waals surface area contributed by atoms with Crippen LogP contribution in [0.15, 0.2) is 41.7 Å². The number of nitrogens with one attached hydrogen (secondary N) is 2. The smallest absolute Gasteiger partial charge is 0.256 e. The first-order valence-corrected chi connectivity index (χ1v) is 5.00. The van der Waals surface area contributed by atoms with Gasteiger partial charge in [-0.25, -0.2) is 0 Å². The predicted molar refractivity (Wildman–Crippen MR) is 60.5 cm³/mol. The zero-order valence-electron chi connectivity index (χ0n) is 8.66. The van der Waals surface area contributed by atoms with Gasteiger partial charge in [-0.1, -0.05) is 30.3 Å². The fourth-order valence-corrected chi connectivity index (χ4v) is 1.67. The van der Waals surface area contributed by atoms with Gasteiger partial charge in [0.15, 0.2) is 0 Å². The van der Waals surface area contributed by atoms with Crippen molar-refractivity contribution in [3.8, 4) is 0 Å². The van der Waals surface area contributed by atoms with Crippen molar-refractivity contribution in [2.45, 2.75) is 6.42 Å². The Bertz CT molecular complexity index is 463. The highest BCUT2D eigenvalue weighted by Crippen LogP contribution is 2.13. The maximum Gasteiger partial charge on any atom is 0.256 e. The first kappa shape index (κ1) is 10.4. The van der Waals surface area contributed by atoms with Crippen LogP contribution >= 0.6 is 0 Å². The summed E-state index contributed by atoms with van der Waals surface area (Å²) in [5, 5.41) is 19.8. The van der Waals surface area contributed by atoms with E-state index in [0.717, 1.165) is 5.56 Å². The van der Waals surface area contributed by atoms with E-state index in [9.17, 15) is 9.90 Å². The molecule has 0 saturated carbocycles. The molecule has 2 rings (SSSR count). The summed E-state index contributed by atoms with van der Waals surface area (Å²) in [5.74, 6) is -0.399. The molecule has 0 radical (unpaired) electrons. The molecule has 0 bridgehead atoms. The Hall–Kier alpha value is -2.10. The first-order valence-electron chi connectivity index (χ1n) is 5.00. The van der Waals surface area contributed by atoms with Crippen LogP contribution < -0.4 is 5.32 Å². The Morgan fingerprint density at radius 3 is 2.62 bits per heavy atom. The van der Waals surface area contributed by atoms with Crippen LogP contribution in [0, 0.1) is 5.41 Å². The molecule has 0 unspecified atom stereocenters. The number of hydrogen-bond donors (Lipinski definition) is 3. The average molecular weight is 216 g/mol. The lowest BCUT2D eigenvalue weighted by molar-refractivity contribution is -0.116. The van der Waals surface area contributed by atoms with Crippen LogP contribution in [-0.4, -0.2) is 23.3 Å². The summed E-state index contributed by atoms with van der Waals surface area (Å²) in [6.07, 6.45) is 0.355. The monoisotopic (exact) mass is 216 g/mol. The molecule has 16 heavy (non-hydrogen) atoms. The summed E-state index contributed by atoms with van der Waals surface area (Å²) in [4.78, 5) is 11.3. The second-order valence-electron chi connectivity index (χ2n) is 3.65. The molecule has 0 spiro atoms. The van der Waals surface area contributed by atoms with Crippen LogP contribution in [0.1, 0.15) is 5.56 Å². The zero-order chi connectivity index (χ0) is 11.5. The van der Waals surface area contributed by atoms with E-state index in [1.54, 1.807) is 0 Å². The molecule has 1 aliphatic rings. The van der Waals surface area contributed by atoms with E-state index in [2.05, 4.69) is 5.32 Å². The lowest BCUT2D eigenvalue weighted by atomic mass is 10.0. The van der Waals surface area contributed by atoms with Crippen molar-refractivity contribution < 1.29 is 9.90 Å². The summed E-state index contributed by atoms with van der Waals surface area (Å²) in [5.41, 5.74) is 1.22. The molecular weight excluding hydrogens is 204 g/mol. The van der Waals surface area contributed by atoms with Crippen molar-refractivity contribution in [3.63, 3.8) is 0 Å². The Balaban J connectivity index is 2.16. The van der Waals surface area contributed by atoms with E-state index in [1.807, 2.05) is 30.3 Å². The SMILES string of the molecule is N=C(Cc1ccccc1)C1=C(O)CNC1=O. The highest BCUT2D eigenvalue weighted by atomic mass is 16.3. The molecule has 1 aromatic carbocycles. The Labute approximate surface area is 93.1 Å². The van der Waals surface area contributed by atoms with Gasteiger partial charge in [-0.3, -0.25) is 4.79 Å². The van der Waals surface area contributed by atoms with E-state index in [4.69, 9.17) is 5.41 Å². The molecule has 1 aliphatic heterocycles. The molecule has 0 saturated heterocycles. The molecule has 4 nitrogen and oxygen atoms in total. The maximum atomic E-state index is 11.3. The van der Waals surface area contributed by atoms with Crippen LogP contribution in [0.3, 0.4) is 0 Å². The number of carbonyl (C=O) groups is 1. The number of amides is 1. The van der Waals surface area contributed by atoms with Gasteiger partial charge in [0.1, 0.15) is 5.76 Å². The topological polar surface area (TPSA) is 73.2 Å². The first-order chi connectivity index (χ1) is 7.68. The van der Waals surface area contributed by atoms with Gasteiger partial charge in [-0.15, -0.1) is 0 Å². The minimum Gasteiger partial charge on any atom is -0.510 e. The number of benzene rings is 1. The lowest BCUT2D eigenvalue weighted by Crippen LogP contribution is -2.21. The second kappa shape index (κ2) is 4.18. The Kier molecular flexibility index (Phi) is 2.72. The number of carbonyl (C=O) groups excluding carboxylic acids is 1. The van der Waals surface area contributed by atoms with Crippen LogP contribution in [-0.2, 0) is 11.2 Å². The van der Waals surface area contributed by atoms with Crippen molar-refractivity contribution >= 4 is 11.6 Å². The van der Waals surface area contributed by atoms with E-state index in [0.29, 0.717) is 6.42 Å². The molecule has 0 aromatic heterocycles. The van der Waals surface area contributed by atoms with Crippen molar-refractivity contribution in [3.05, 3.63) is 47.2 Å². The van der Waals surface area contributed by atoms with Gasteiger partial charge < -0.3 is 15.8 Å². The summed E-state index contributed by atoms with van der Waals surface area (Å²) >= 11 is 0. The summed E-state index contributed by atoms with van der Waals surface area (Å²) < 4.78 is 0. The van der Waals surface area contributed by atoms with Gasteiger partial charge in [0.25, 0.3) is 5.91 Å². The highest BCUT2D eigenvalue weighted by molar-refractivity contribution is 6.22. The van der Waals surface area contributed by atoms with E-state index in [-0.39, 0.29) is 29.5 Å². The van der Waals surface area contributed by atoms with Gasteiger partial charge in [-0.05, 0) is 5.56 Å². The number of hydrogen-bond acceptors (Lipinski definition) is 3. The summed E-state index contributed by atoms with van der Waals surface area (Å²) in [7, 11) is 0. The van der Waals surface area contributed by atoms with Crippen molar-refractivity contribution in [1.82, 2.24) is 5.32 Å². The van der Waals surface area contributed by atoms with Crippen molar-refractivity contribution in [2.75, 3.05) is 6.54 Å². The minimum absolute atomic E-state index is 0.0362. The quantitative estimate of drug-likeness (QED) is 0.664. The van der Waals surface area contributed by atoms with Crippen LogP contribution in [0.4, 0.5) is 0 Å². The molecule has 1 heterocycles. The average Bonchev–Trinajstić information content (AvgIpc) is 2.60. The molecule has 0 fully saturated rings. The molecule has 1 amide bonds. The summed E-state index contributed by atoms with van der Waals surface area (Å²) in [6, 6.07) is 9.43. The largest absolute Gasteiger partial charge is 0.510 e. The van der Waals surface area contributed by atoms with E-state index in [1.165, 1.54) is 0 Å². The predicted octanol–water partition coefficient (Wildman–Crippen LogP) is 1.19. The van der Waals surface area contributed by atoms with Gasteiger partial charge in [-0.2, -0.15) is 0 Å². The third kappa shape index (κ3) is 1.95. The number of rotatable bonds is 3. The lowest BCUT2D eigenvalue weighted by Gasteiger charge is -2.03. The normalized spacial score (nSPS) is 15.1. The minimum atomic E-state index is -0.363. The van der Waals surface area contributed by atoms with Gasteiger partial charge in [0.05, 0.1) is 17.8 Å². The Morgan fingerprint density at radius 2 is 2.06 bits per heavy atom. The van der Waals surface area contributed by atoms with E-state index < -0.39 is 0 Å². The fourth-order valence-electron chi connectivity index (χ4n) is 1.67. The van der Waals surface area contributed by atoms with Gasteiger partial charge in [0.2, 0.25) is 0 Å². The molecule has 4 heteroatoms. The second-order valence-corrected chi connectivity index (χ2v) is 3.65. The fraction of sp³-hybridized carbons (Fsp3) is 0.167. The highest BCUT2D eigenvalue weighted by Gasteiger charge is 2.25. The van der Waals surface area contributed by atoms with Crippen LogP contribution in [0.25, 0.3) is 0 Å². The standard InChI is InChI=1S/C12H12N2O2/c13-9(6-8-4-2-1-3-5-8)11-10(15)7-14-12(11)16/h1-5,13,15H,6-7H2,(H,14,16). The Morgan fingerprint density at radius 1 is 1.38 bits per heavy atom. The molecule has 82 valence electrons. The molecule has 3 N–H and O–H groups in total. The van der Waals surface area contributed by atoms with Crippen molar-refractivity contribution in [2.24, 2.45) is 0 Å². The number of aliphatic hydroxyl groups is 1. The number of aliphatic hydroxyl groups excluding tert-OH is 1. The molecular formula is C12H12N2O2. The molecule has 0 atom stereocenters. The molecule has 1 aromatic rings. The van der Waals surface area contributed by atoms with E-state index >= 15 is 0 Å². The maximum absolute atomic E-state index is 11.3. The zero-order valence-corrected chi connectivity index (χ0v) is 8.66. The third-order valence-electron chi connectivity index (χ3n) is 2.46. The van der Waals surface area contributed by atoms with Crippen molar-refractivity contribution in [1.29, 1.82) is 5.41 Å². The van der Waals surface area contributed by atoms with Crippen LogP contribution in [0.2, 0.25) is 0 Å².